The lowest BCUT2D eigenvalue weighted by molar-refractivity contribution is 0.262. The molecule has 8 nitrogen and oxygen atoms in total. The highest BCUT2D eigenvalue weighted by molar-refractivity contribution is 5.99. The van der Waals surface area contributed by atoms with Gasteiger partial charge in [0.15, 0.2) is 0 Å². The van der Waals surface area contributed by atoms with Crippen molar-refractivity contribution in [3.8, 4) is 17.2 Å². The quantitative estimate of drug-likeness (QED) is 0.415. The number of aryl methyl sites for hydroxylation is 3. The highest BCUT2D eigenvalue weighted by Gasteiger charge is 2.17. The molecule has 33 heavy (non-hydrogen) atoms. The lowest BCUT2D eigenvalue weighted by atomic mass is 10.1. The molecule has 0 atom stereocenters. The standard InChI is InChI=1S/C25H26N6O2/c1-5-20-17(4)26-24(29-23(20)32)31-22(14-21(30-31)18-9-7-6-8-10-18)28-25(33)27-19-12-11-15(2)16(3)13-19/h6-14H,5H2,1-4H3,(H,26,29,32)(H2,27,28,33). The first-order chi connectivity index (χ1) is 15.9. The molecule has 0 fully saturated rings. The average molecular weight is 443 g/mol. The Kier molecular flexibility index (Phi) is 6.08. The van der Waals surface area contributed by atoms with Crippen molar-refractivity contribution < 1.29 is 4.79 Å². The molecule has 0 saturated carbocycles. The molecule has 0 radical (unpaired) electrons. The summed E-state index contributed by atoms with van der Waals surface area (Å²) in [6, 6.07) is 16.6. The Hall–Kier alpha value is -4.20. The number of carbonyl (C=O) groups excluding carboxylic acids is 1. The van der Waals surface area contributed by atoms with E-state index in [0.29, 0.717) is 34.9 Å². The number of nitrogens with zero attached hydrogens (tertiary/aromatic N) is 3. The zero-order valence-electron chi connectivity index (χ0n) is 19.1. The minimum Gasteiger partial charge on any atom is -0.308 e. The molecule has 0 aliphatic rings. The molecule has 2 heterocycles. The van der Waals surface area contributed by atoms with Gasteiger partial charge in [-0.05, 0) is 50.5 Å². The zero-order chi connectivity index (χ0) is 23.5. The SMILES string of the molecule is CCc1c(C)nc(-n2nc(-c3ccccc3)cc2NC(=O)Nc2ccc(C)c(C)c2)[nH]c1=O. The number of H-pyrrole nitrogens is 1. The Labute approximate surface area is 191 Å². The average Bonchev–Trinajstić information content (AvgIpc) is 3.20. The predicted octanol–water partition coefficient (Wildman–Crippen LogP) is 4.75. The monoisotopic (exact) mass is 442 g/mol. The summed E-state index contributed by atoms with van der Waals surface area (Å²) < 4.78 is 1.44. The van der Waals surface area contributed by atoms with Crippen molar-refractivity contribution >= 4 is 17.5 Å². The van der Waals surface area contributed by atoms with Crippen LogP contribution in [0.15, 0.2) is 59.4 Å². The molecule has 4 aromatic rings. The van der Waals surface area contributed by atoms with Gasteiger partial charge in [-0.1, -0.05) is 43.3 Å². The first-order valence-electron chi connectivity index (χ1n) is 10.8. The van der Waals surface area contributed by atoms with Crippen LogP contribution in [0.4, 0.5) is 16.3 Å². The summed E-state index contributed by atoms with van der Waals surface area (Å²) in [5.74, 6) is 0.611. The minimum absolute atomic E-state index is 0.220. The molecule has 0 unspecified atom stereocenters. The van der Waals surface area contributed by atoms with Crippen LogP contribution in [0.2, 0.25) is 0 Å². The fraction of sp³-hybridized carbons (Fsp3) is 0.200. The number of carbonyl (C=O) groups is 1. The molecule has 0 spiro atoms. The van der Waals surface area contributed by atoms with E-state index in [1.165, 1.54) is 4.68 Å². The van der Waals surface area contributed by atoms with E-state index >= 15 is 0 Å². The third-order valence-corrected chi connectivity index (χ3v) is 5.55. The molecule has 0 aliphatic heterocycles. The molecule has 4 rings (SSSR count). The van der Waals surface area contributed by atoms with Crippen molar-refractivity contribution in [1.29, 1.82) is 0 Å². The van der Waals surface area contributed by atoms with Crippen LogP contribution in [0.3, 0.4) is 0 Å². The second-order valence-electron chi connectivity index (χ2n) is 7.88. The van der Waals surface area contributed by atoms with Crippen molar-refractivity contribution in [3.05, 3.63) is 87.3 Å². The van der Waals surface area contributed by atoms with Gasteiger partial charge in [0.25, 0.3) is 5.56 Å². The van der Waals surface area contributed by atoms with E-state index < -0.39 is 6.03 Å². The minimum atomic E-state index is -0.428. The third-order valence-electron chi connectivity index (χ3n) is 5.55. The molecule has 0 saturated heterocycles. The van der Waals surface area contributed by atoms with E-state index in [0.717, 1.165) is 16.7 Å². The molecule has 168 valence electrons. The highest BCUT2D eigenvalue weighted by atomic mass is 16.2. The fourth-order valence-electron chi connectivity index (χ4n) is 3.59. The highest BCUT2D eigenvalue weighted by Crippen LogP contribution is 2.24. The van der Waals surface area contributed by atoms with Crippen molar-refractivity contribution in [2.75, 3.05) is 10.6 Å². The Morgan fingerprint density at radius 3 is 2.42 bits per heavy atom. The van der Waals surface area contributed by atoms with Crippen molar-refractivity contribution in [3.63, 3.8) is 0 Å². The van der Waals surface area contributed by atoms with Gasteiger partial charge in [0.2, 0.25) is 5.95 Å². The maximum Gasteiger partial charge on any atom is 0.324 e. The van der Waals surface area contributed by atoms with Gasteiger partial charge in [-0.15, -0.1) is 0 Å². The van der Waals surface area contributed by atoms with Crippen LogP contribution in [-0.4, -0.2) is 25.8 Å². The summed E-state index contributed by atoms with van der Waals surface area (Å²) in [7, 11) is 0. The van der Waals surface area contributed by atoms with E-state index in [9.17, 15) is 9.59 Å². The summed E-state index contributed by atoms with van der Waals surface area (Å²) in [4.78, 5) is 32.6. The van der Waals surface area contributed by atoms with Crippen LogP contribution in [0.1, 0.15) is 29.3 Å². The zero-order valence-corrected chi connectivity index (χ0v) is 19.1. The van der Waals surface area contributed by atoms with Crippen molar-refractivity contribution in [2.24, 2.45) is 0 Å². The number of nitrogens with one attached hydrogen (secondary N) is 3. The Morgan fingerprint density at radius 1 is 1.00 bits per heavy atom. The Balaban J connectivity index is 1.71. The molecule has 0 bridgehead atoms. The molecule has 2 aromatic heterocycles. The van der Waals surface area contributed by atoms with Crippen LogP contribution in [0.25, 0.3) is 17.2 Å². The Bertz CT molecular complexity index is 1370. The topological polar surface area (TPSA) is 105 Å². The smallest absolute Gasteiger partial charge is 0.308 e. The summed E-state index contributed by atoms with van der Waals surface area (Å²) in [5.41, 5.74) is 5.44. The van der Waals surface area contributed by atoms with E-state index in [2.05, 4.69) is 25.7 Å². The second kappa shape index (κ2) is 9.12. The van der Waals surface area contributed by atoms with Gasteiger partial charge < -0.3 is 5.32 Å². The molecular formula is C25H26N6O2. The first-order valence-corrected chi connectivity index (χ1v) is 10.8. The van der Waals surface area contributed by atoms with Gasteiger partial charge in [0, 0.05) is 28.6 Å². The fourth-order valence-corrected chi connectivity index (χ4v) is 3.59. The number of amides is 2. The van der Waals surface area contributed by atoms with Crippen molar-refractivity contribution in [2.45, 2.75) is 34.1 Å². The molecule has 8 heteroatoms. The van der Waals surface area contributed by atoms with Gasteiger partial charge in [-0.3, -0.25) is 15.1 Å². The molecule has 2 amide bonds. The van der Waals surface area contributed by atoms with Gasteiger partial charge in [0.05, 0.1) is 5.69 Å². The molecular weight excluding hydrogens is 416 g/mol. The maximum atomic E-state index is 12.8. The Morgan fingerprint density at radius 2 is 1.76 bits per heavy atom. The number of hydrogen-bond donors (Lipinski definition) is 3. The van der Waals surface area contributed by atoms with Gasteiger partial charge >= 0.3 is 6.03 Å². The van der Waals surface area contributed by atoms with E-state index in [1.54, 1.807) is 13.0 Å². The molecule has 0 aliphatic carbocycles. The number of urea groups is 1. The largest absolute Gasteiger partial charge is 0.324 e. The maximum absolute atomic E-state index is 12.8. The van der Waals surface area contributed by atoms with E-state index in [1.807, 2.05) is 69.3 Å². The number of benzene rings is 2. The molecule has 2 aromatic carbocycles. The molecule has 3 N–H and O–H groups in total. The summed E-state index contributed by atoms with van der Waals surface area (Å²) in [6.45, 7) is 7.70. The number of hydrogen-bond acceptors (Lipinski definition) is 4. The summed E-state index contributed by atoms with van der Waals surface area (Å²) in [5, 5.41) is 10.3. The van der Waals surface area contributed by atoms with Gasteiger partial charge in [0.1, 0.15) is 5.82 Å². The van der Waals surface area contributed by atoms with E-state index in [4.69, 9.17) is 0 Å². The third kappa shape index (κ3) is 4.69. The first kappa shape index (κ1) is 22.0. The van der Waals surface area contributed by atoms with Gasteiger partial charge in [-0.2, -0.15) is 9.78 Å². The summed E-state index contributed by atoms with van der Waals surface area (Å²) >= 11 is 0. The predicted molar refractivity (Wildman–Crippen MR) is 130 cm³/mol. The number of aromatic amines is 1. The lowest BCUT2D eigenvalue weighted by Crippen LogP contribution is -2.24. The van der Waals surface area contributed by atoms with Crippen molar-refractivity contribution in [1.82, 2.24) is 19.7 Å². The number of rotatable bonds is 5. The number of anilines is 2. The van der Waals surface area contributed by atoms with Crippen LogP contribution in [-0.2, 0) is 6.42 Å². The van der Waals surface area contributed by atoms with Crippen LogP contribution in [0, 0.1) is 20.8 Å². The van der Waals surface area contributed by atoms with Crippen LogP contribution < -0.4 is 16.2 Å². The summed E-state index contributed by atoms with van der Waals surface area (Å²) in [6.07, 6.45) is 0.576. The van der Waals surface area contributed by atoms with E-state index in [-0.39, 0.29) is 11.5 Å². The lowest BCUT2D eigenvalue weighted by Gasteiger charge is -2.11. The van der Waals surface area contributed by atoms with Crippen LogP contribution in [0.5, 0.6) is 0 Å². The number of aromatic nitrogens is 4. The second-order valence-corrected chi connectivity index (χ2v) is 7.88. The van der Waals surface area contributed by atoms with Gasteiger partial charge in [-0.25, -0.2) is 9.78 Å². The normalized spacial score (nSPS) is 10.8. The van der Waals surface area contributed by atoms with Crippen LogP contribution >= 0.6 is 0 Å².